The molecule has 2 heterocycles. The standard InChI is InChI=1S/C13H24N4O/c1-8(2)17-13(12(14)10(4)16-17)15-11-5-6-18-9(3)7-11/h8-9,11,15H,5-7,14H2,1-4H3. The van der Waals surface area contributed by atoms with E-state index >= 15 is 0 Å². The van der Waals surface area contributed by atoms with Gasteiger partial charge in [0.05, 0.1) is 17.5 Å². The van der Waals surface area contributed by atoms with Gasteiger partial charge in [0.15, 0.2) is 0 Å². The lowest BCUT2D eigenvalue weighted by Crippen LogP contribution is -2.33. The second kappa shape index (κ2) is 5.18. The van der Waals surface area contributed by atoms with Gasteiger partial charge in [0.1, 0.15) is 5.82 Å². The molecule has 1 aliphatic rings. The number of rotatable bonds is 3. The zero-order chi connectivity index (χ0) is 13.3. The van der Waals surface area contributed by atoms with Crippen molar-refractivity contribution in [2.75, 3.05) is 17.7 Å². The maximum atomic E-state index is 6.12. The molecular formula is C13H24N4O. The molecule has 102 valence electrons. The summed E-state index contributed by atoms with van der Waals surface area (Å²) in [6.07, 6.45) is 2.35. The van der Waals surface area contributed by atoms with Crippen LogP contribution in [-0.2, 0) is 4.74 Å². The monoisotopic (exact) mass is 252 g/mol. The number of nitrogens with two attached hydrogens (primary N) is 1. The highest BCUT2D eigenvalue weighted by atomic mass is 16.5. The number of aromatic nitrogens is 2. The van der Waals surface area contributed by atoms with Crippen LogP contribution >= 0.6 is 0 Å². The molecule has 0 radical (unpaired) electrons. The van der Waals surface area contributed by atoms with E-state index in [9.17, 15) is 0 Å². The molecule has 0 aromatic carbocycles. The van der Waals surface area contributed by atoms with E-state index < -0.39 is 0 Å². The van der Waals surface area contributed by atoms with Gasteiger partial charge in [-0.05, 0) is 40.5 Å². The van der Waals surface area contributed by atoms with Crippen LogP contribution < -0.4 is 11.1 Å². The van der Waals surface area contributed by atoms with Gasteiger partial charge in [0.2, 0.25) is 0 Å². The lowest BCUT2D eigenvalue weighted by Gasteiger charge is -2.29. The van der Waals surface area contributed by atoms with Crippen LogP contribution in [0.15, 0.2) is 0 Å². The average molecular weight is 252 g/mol. The molecule has 0 saturated carbocycles. The highest BCUT2D eigenvalue weighted by Crippen LogP contribution is 2.28. The molecule has 0 bridgehead atoms. The molecule has 1 fully saturated rings. The van der Waals surface area contributed by atoms with E-state index in [1.54, 1.807) is 0 Å². The minimum absolute atomic E-state index is 0.306. The number of aryl methyl sites for hydroxylation is 1. The molecule has 2 rings (SSSR count). The second-order valence-corrected chi connectivity index (χ2v) is 5.43. The van der Waals surface area contributed by atoms with Crippen molar-refractivity contribution in [1.82, 2.24) is 9.78 Å². The molecular weight excluding hydrogens is 228 g/mol. The van der Waals surface area contributed by atoms with Crippen molar-refractivity contribution in [3.63, 3.8) is 0 Å². The quantitative estimate of drug-likeness (QED) is 0.866. The van der Waals surface area contributed by atoms with Gasteiger partial charge in [-0.25, -0.2) is 4.68 Å². The Kier molecular flexibility index (Phi) is 3.80. The maximum Gasteiger partial charge on any atom is 0.148 e. The third-order valence-electron chi connectivity index (χ3n) is 3.45. The van der Waals surface area contributed by atoms with E-state index in [0.29, 0.717) is 18.2 Å². The van der Waals surface area contributed by atoms with Crippen molar-refractivity contribution in [3.8, 4) is 0 Å². The first kappa shape index (κ1) is 13.2. The average Bonchev–Trinajstić information content (AvgIpc) is 2.57. The fraction of sp³-hybridized carbons (Fsp3) is 0.769. The second-order valence-electron chi connectivity index (χ2n) is 5.43. The zero-order valence-corrected chi connectivity index (χ0v) is 11.7. The topological polar surface area (TPSA) is 65.1 Å². The fourth-order valence-electron chi connectivity index (χ4n) is 2.40. The van der Waals surface area contributed by atoms with Crippen molar-refractivity contribution in [3.05, 3.63) is 5.69 Å². The number of hydrogen-bond donors (Lipinski definition) is 2. The maximum absolute atomic E-state index is 6.12. The number of nitrogens with one attached hydrogen (secondary N) is 1. The van der Waals surface area contributed by atoms with Crippen molar-refractivity contribution in [1.29, 1.82) is 0 Å². The molecule has 1 aliphatic heterocycles. The summed E-state index contributed by atoms with van der Waals surface area (Å²) in [6.45, 7) is 9.11. The van der Waals surface area contributed by atoms with E-state index in [1.807, 2.05) is 11.6 Å². The Balaban J connectivity index is 2.17. The number of nitrogens with zero attached hydrogens (tertiary/aromatic N) is 2. The van der Waals surface area contributed by atoms with Crippen LogP contribution in [-0.4, -0.2) is 28.5 Å². The van der Waals surface area contributed by atoms with E-state index in [0.717, 1.165) is 36.6 Å². The minimum Gasteiger partial charge on any atom is -0.394 e. The van der Waals surface area contributed by atoms with Crippen LogP contribution in [0.5, 0.6) is 0 Å². The first-order chi connectivity index (χ1) is 8.49. The predicted molar refractivity (Wildman–Crippen MR) is 73.8 cm³/mol. The minimum atomic E-state index is 0.306. The smallest absolute Gasteiger partial charge is 0.148 e. The van der Waals surface area contributed by atoms with Crippen molar-refractivity contribution >= 4 is 11.5 Å². The summed E-state index contributed by atoms with van der Waals surface area (Å²) < 4.78 is 7.54. The van der Waals surface area contributed by atoms with E-state index in [-0.39, 0.29) is 0 Å². The summed E-state index contributed by atoms with van der Waals surface area (Å²) >= 11 is 0. The fourth-order valence-corrected chi connectivity index (χ4v) is 2.40. The number of ether oxygens (including phenoxy) is 1. The summed E-state index contributed by atoms with van der Waals surface area (Å²) in [5.41, 5.74) is 7.78. The summed E-state index contributed by atoms with van der Waals surface area (Å²) in [6, 6.07) is 0.727. The van der Waals surface area contributed by atoms with Crippen molar-refractivity contribution < 1.29 is 4.74 Å². The number of anilines is 2. The van der Waals surface area contributed by atoms with Gasteiger partial charge in [-0.3, -0.25) is 0 Å². The Bertz CT molecular complexity index is 413. The molecule has 5 nitrogen and oxygen atoms in total. The Morgan fingerprint density at radius 2 is 2.22 bits per heavy atom. The Morgan fingerprint density at radius 1 is 1.50 bits per heavy atom. The molecule has 5 heteroatoms. The molecule has 1 aromatic rings. The predicted octanol–water partition coefficient (Wildman–Crippen LogP) is 2.33. The zero-order valence-electron chi connectivity index (χ0n) is 11.7. The molecule has 0 spiro atoms. The van der Waals surface area contributed by atoms with E-state index in [1.165, 1.54) is 0 Å². The highest BCUT2D eigenvalue weighted by Gasteiger charge is 2.23. The van der Waals surface area contributed by atoms with Crippen LogP contribution in [0, 0.1) is 6.92 Å². The Morgan fingerprint density at radius 3 is 2.83 bits per heavy atom. The normalized spacial score (nSPS) is 24.5. The lowest BCUT2D eigenvalue weighted by molar-refractivity contribution is 0.0231. The SMILES string of the molecule is Cc1nn(C(C)C)c(NC2CCOC(C)C2)c1N. The van der Waals surface area contributed by atoms with Gasteiger partial charge < -0.3 is 15.8 Å². The van der Waals surface area contributed by atoms with Gasteiger partial charge in [0.25, 0.3) is 0 Å². The highest BCUT2D eigenvalue weighted by molar-refractivity contribution is 5.65. The summed E-state index contributed by atoms with van der Waals surface area (Å²) in [5, 5.41) is 8.04. The van der Waals surface area contributed by atoms with E-state index in [4.69, 9.17) is 10.5 Å². The number of nitrogen functional groups attached to an aromatic ring is 1. The van der Waals surface area contributed by atoms with Crippen LogP contribution in [0.3, 0.4) is 0 Å². The van der Waals surface area contributed by atoms with Gasteiger partial charge in [-0.2, -0.15) is 5.10 Å². The van der Waals surface area contributed by atoms with Gasteiger partial charge in [-0.15, -0.1) is 0 Å². The van der Waals surface area contributed by atoms with Gasteiger partial charge in [-0.1, -0.05) is 0 Å². The molecule has 2 unspecified atom stereocenters. The molecule has 2 atom stereocenters. The van der Waals surface area contributed by atoms with Crippen LogP contribution in [0.25, 0.3) is 0 Å². The Hall–Kier alpha value is -1.23. The van der Waals surface area contributed by atoms with Gasteiger partial charge >= 0.3 is 0 Å². The summed E-state index contributed by atoms with van der Waals surface area (Å²) in [5.74, 6) is 0.960. The third-order valence-corrected chi connectivity index (χ3v) is 3.45. The van der Waals surface area contributed by atoms with Crippen molar-refractivity contribution in [2.45, 2.75) is 58.7 Å². The lowest BCUT2D eigenvalue weighted by atomic mass is 10.0. The van der Waals surface area contributed by atoms with Crippen LogP contribution in [0.2, 0.25) is 0 Å². The summed E-state index contributed by atoms with van der Waals surface area (Å²) in [4.78, 5) is 0. The van der Waals surface area contributed by atoms with Crippen LogP contribution in [0.4, 0.5) is 11.5 Å². The molecule has 3 N–H and O–H groups in total. The number of hydrogen-bond acceptors (Lipinski definition) is 4. The van der Waals surface area contributed by atoms with Gasteiger partial charge in [0, 0.05) is 18.7 Å². The molecule has 0 amide bonds. The molecule has 1 saturated heterocycles. The summed E-state index contributed by atoms with van der Waals surface area (Å²) in [7, 11) is 0. The third kappa shape index (κ3) is 2.61. The van der Waals surface area contributed by atoms with Crippen molar-refractivity contribution in [2.24, 2.45) is 0 Å². The molecule has 0 aliphatic carbocycles. The largest absolute Gasteiger partial charge is 0.394 e. The Labute approximate surface area is 109 Å². The van der Waals surface area contributed by atoms with Crippen LogP contribution in [0.1, 0.15) is 45.3 Å². The first-order valence-corrected chi connectivity index (χ1v) is 6.71. The molecule has 18 heavy (non-hydrogen) atoms. The molecule has 1 aromatic heterocycles. The first-order valence-electron chi connectivity index (χ1n) is 6.71. The van der Waals surface area contributed by atoms with E-state index in [2.05, 4.69) is 31.2 Å².